The Hall–Kier alpha value is -2.14. The number of aryl methyl sites for hydroxylation is 1. The van der Waals surface area contributed by atoms with Crippen molar-refractivity contribution >= 4 is 5.91 Å². The average molecular weight is 277 g/mol. The fourth-order valence-electron chi connectivity index (χ4n) is 1.77. The quantitative estimate of drug-likeness (QED) is 0.901. The average Bonchev–Trinajstić information content (AvgIpc) is 2.84. The maximum Gasteiger partial charge on any atom is 0.251 e. The fourth-order valence-corrected chi connectivity index (χ4v) is 1.77. The number of benzene rings is 1. The van der Waals surface area contributed by atoms with Crippen molar-refractivity contribution in [2.75, 3.05) is 6.54 Å². The molecule has 0 spiro atoms. The minimum absolute atomic E-state index is 0.00381. The van der Waals surface area contributed by atoms with E-state index >= 15 is 0 Å². The maximum absolute atomic E-state index is 12.8. The van der Waals surface area contributed by atoms with Gasteiger partial charge in [-0.25, -0.2) is 4.39 Å². The molecule has 0 saturated heterocycles. The Bertz CT molecular complexity index is 602. The molecule has 0 aliphatic rings. The molecule has 0 aliphatic heterocycles. The number of hydrogen-bond acceptors (Lipinski definition) is 3. The van der Waals surface area contributed by atoms with Gasteiger partial charge >= 0.3 is 0 Å². The van der Waals surface area contributed by atoms with Crippen LogP contribution in [-0.2, 0) is 5.60 Å². The van der Waals surface area contributed by atoms with E-state index in [0.29, 0.717) is 17.1 Å². The van der Waals surface area contributed by atoms with Crippen LogP contribution in [0.2, 0.25) is 0 Å². The maximum atomic E-state index is 12.8. The third-order valence-electron chi connectivity index (χ3n) is 2.97. The highest BCUT2D eigenvalue weighted by Gasteiger charge is 2.27. The molecule has 0 bridgehead atoms. The van der Waals surface area contributed by atoms with E-state index < -0.39 is 11.4 Å². The lowest BCUT2D eigenvalue weighted by Crippen LogP contribution is -2.38. The van der Waals surface area contributed by atoms with Gasteiger partial charge in [0.15, 0.2) is 0 Å². The molecule has 1 unspecified atom stereocenters. The summed E-state index contributed by atoms with van der Waals surface area (Å²) in [5.74, 6) is 0.285. The lowest BCUT2D eigenvalue weighted by molar-refractivity contribution is 0.0323. The highest BCUT2D eigenvalue weighted by Crippen LogP contribution is 2.22. The predicted octanol–water partition coefficient (Wildman–Crippen LogP) is 2.36. The SMILES string of the molecule is Cc1ccc(C(C)(O)CNC(=O)c2ccc(F)cc2)o1. The Morgan fingerprint density at radius 3 is 2.50 bits per heavy atom. The minimum atomic E-state index is -1.30. The van der Waals surface area contributed by atoms with E-state index in [1.807, 2.05) is 0 Å². The monoisotopic (exact) mass is 277 g/mol. The normalized spacial score (nSPS) is 13.8. The molecule has 4 nitrogen and oxygen atoms in total. The molecular formula is C15H16FNO3. The van der Waals surface area contributed by atoms with Crippen molar-refractivity contribution < 1.29 is 18.7 Å². The van der Waals surface area contributed by atoms with Gasteiger partial charge in [-0.2, -0.15) is 0 Å². The molecule has 106 valence electrons. The summed E-state index contributed by atoms with van der Waals surface area (Å²) in [6, 6.07) is 8.60. The Labute approximate surface area is 116 Å². The third kappa shape index (κ3) is 3.24. The van der Waals surface area contributed by atoms with Crippen molar-refractivity contribution in [1.29, 1.82) is 0 Å². The zero-order valence-corrected chi connectivity index (χ0v) is 11.3. The van der Waals surface area contributed by atoms with Crippen LogP contribution in [0.15, 0.2) is 40.8 Å². The van der Waals surface area contributed by atoms with Crippen LogP contribution in [-0.4, -0.2) is 17.6 Å². The summed E-state index contributed by atoms with van der Waals surface area (Å²) >= 11 is 0. The van der Waals surface area contributed by atoms with Gasteiger partial charge in [0.05, 0.1) is 6.54 Å². The van der Waals surface area contributed by atoms with Crippen LogP contribution in [0.1, 0.15) is 28.8 Å². The first-order chi connectivity index (χ1) is 9.38. The highest BCUT2D eigenvalue weighted by atomic mass is 19.1. The van der Waals surface area contributed by atoms with Crippen LogP contribution in [0.4, 0.5) is 4.39 Å². The van der Waals surface area contributed by atoms with Crippen LogP contribution in [0.5, 0.6) is 0 Å². The van der Waals surface area contributed by atoms with Crippen molar-refractivity contribution in [3.05, 3.63) is 59.3 Å². The molecule has 2 rings (SSSR count). The molecule has 1 amide bonds. The van der Waals surface area contributed by atoms with Gasteiger partial charge in [-0.05, 0) is 50.2 Å². The van der Waals surface area contributed by atoms with Gasteiger partial charge in [0, 0.05) is 5.56 Å². The Morgan fingerprint density at radius 2 is 1.95 bits per heavy atom. The van der Waals surface area contributed by atoms with Crippen LogP contribution < -0.4 is 5.32 Å². The first-order valence-corrected chi connectivity index (χ1v) is 6.21. The first kappa shape index (κ1) is 14.3. The van der Waals surface area contributed by atoms with Crippen LogP contribution >= 0.6 is 0 Å². The number of rotatable bonds is 4. The molecule has 1 heterocycles. The van der Waals surface area contributed by atoms with Crippen LogP contribution in [0.3, 0.4) is 0 Å². The van der Waals surface area contributed by atoms with Crippen molar-refractivity contribution in [3.63, 3.8) is 0 Å². The molecule has 2 aromatic rings. The van der Waals surface area contributed by atoms with E-state index in [4.69, 9.17) is 4.42 Å². The number of aliphatic hydroxyl groups is 1. The lowest BCUT2D eigenvalue weighted by atomic mass is 10.0. The van der Waals surface area contributed by atoms with E-state index in [1.165, 1.54) is 24.3 Å². The third-order valence-corrected chi connectivity index (χ3v) is 2.97. The number of hydrogen-bond donors (Lipinski definition) is 2. The van der Waals surface area contributed by atoms with Gasteiger partial charge in [0.2, 0.25) is 0 Å². The second kappa shape index (κ2) is 5.46. The van der Waals surface area contributed by atoms with Crippen molar-refractivity contribution in [1.82, 2.24) is 5.32 Å². The summed E-state index contributed by atoms with van der Waals surface area (Å²) in [5.41, 5.74) is -0.970. The molecular weight excluding hydrogens is 261 g/mol. The highest BCUT2D eigenvalue weighted by molar-refractivity contribution is 5.94. The van der Waals surface area contributed by atoms with Gasteiger partial charge in [0.1, 0.15) is 22.9 Å². The van der Waals surface area contributed by atoms with E-state index in [9.17, 15) is 14.3 Å². The molecule has 1 aromatic carbocycles. The summed E-state index contributed by atoms with van der Waals surface area (Å²) in [7, 11) is 0. The van der Waals surface area contributed by atoms with Crippen molar-refractivity contribution in [3.8, 4) is 0 Å². The lowest BCUT2D eigenvalue weighted by Gasteiger charge is -2.21. The van der Waals surface area contributed by atoms with Gasteiger partial charge in [-0.1, -0.05) is 0 Å². The standard InChI is InChI=1S/C15H16FNO3/c1-10-3-8-13(20-10)15(2,19)9-17-14(18)11-4-6-12(16)7-5-11/h3-8,19H,9H2,1-2H3,(H,17,18). The largest absolute Gasteiger partial charge is 0.463 e. The number of halogens is 1. The van der Waals surface area contributed by atoms with Gasteiger partial charge in [-0.15, -0.1) is 0 Å². The summed E-state index contributed by atoms with van der Waals surface area (Å²) in [6.07, 6.45) is 0. The molecule has 1 atom stereocenters. The van der Waals surface area contributed by atoms with Crippen LogP contribution in [0, 0.1) is 12.7 Å². The smallest absolute Gasteiger partial charge is 0.251 e. The van der Waals surface area contributed by atoms with Crippen LogP contribution in [0.25, 0.3) is 0 Å². The molecule has 0 fully saturated rings. The zero-order chi connectivity index (χ0) is 14.8. The van der Waals surface area contributed by atoms with E-state index in [0.717, 1.165) is 0 Å². The van der Waals surface area contributed by atoms with Crippen molar-refractivity contribution in [2.45, 2.75) is 19.4 Å². The van der Waals surface area contributed by atoms with Gasteiger partial charge < -0.3 is 14.8 Å². The Balaban J connectivity index is 2.00. The summed E-state index contributed by atoms with van der Waals surface area (Å²) in [5, 5.41) is 12.9. The topological polar surface area (TPSA) is 62.5 Å². The zero-order valence-electron chi connectivity index (χ0n) is 11.3. The van der Waals surface area contributed by atoms with E-state index in [1.54, 1.807) is 26.0 Å². The van der Waals surface area contributed by atoms with Crippen molar-refractivity contribution in [2.24, 2.45) is 0 Å². The fraction of sp³-hybridized carbons (Fsp3) is 0.267. The Kier molecular flexibility index (Phi) is 3.90. The van der Waals surface area contributed by atoms with Gasteiger partial charge in [0.25, 0.3) is 5.91 Å². The summed E-state index contributed by atoms with van der Waals surface area (Å²) in [4.78, 5) is 11.9. The molecule has 2 N–H and O–H groups in total. The second-order valence-electron chi connectivity index (χ2n) is 4.87. The van der Waals surface area contributed by atoms with Gasteiger partial charge in [-0.3, -0.25) is 4.79 Å². The Morgan fingerprint density at radius 1 is 1.30 bits per heavy atom. The summed E-state index contributed by atoms with van der Waals surface area (Å²) in [6.45, 7) is 3.32. The molecule has 0 radical (unpaired) electrons. The number of furan rings is 1. The number of carbonyl (C=O) groups is 1. The molecule has 1 aromatic heterocycles. The number of nitrogens with one attached hydrogen (secondary N) is 1. The number of amides is 1. The molecule has 0 saturated carbocycles. The van der Waals surface area contributed by atoms with E-state index in [-0.39, 0.29) is 12.5 Å². The predicted molar refractivity (Wildman–Crippen MR) is 71.7 cm³/mol. The summed E-state index contributed by atoms with van der Waals surface area (Å²) < 4.78 is 18.1. The van der Waals surface area contributed by atoms with E-state index in [2.05, 4.69) is 5.32 Å². The first-order valence-electron chi connectivity index (χ1n) is 6.21. The minimum Gasteiger partial charge on any atom is -0.463 e. The number of carbonyl (C=O) groups excluding carboxylic acids is 1. The molecule has 20 heavy (non-hydrogen) atoms. The molecule has 5 heteroatoms. The molecule has 0 aliphatic carbocycles. The second-order valence-corrected chi connectivity index (χ2v) is 4.87.